The highest BCUT2D eigenvalue weighted by molar-refractivity contribution is 5.80. The second kappa shape index (κ2) is 14.7. The lowest BCUT2D eigenvalue weighted by molar-refractivity contribution is -0.122. The molecule has 1 fully saturated rings. The highest BCUT2D eigenvalue weighted by Gasteiger charge is 2.16. The molecule has 0 aromatic heterocycles. The van der Waals surface area contributed by atoms with Gasteiger partial charge in [-0.2, -0.15) is 0 Å². The number of nitrogens with zero attached hydrogens (tertiary/aromatic N) is 1. The van der Waals surface area contributed by atoms with Crippen LogP contribution >= 0.6 is 0 Å². The molecule has 1 aromatic rings. The van der Waals surface area contributed by atoms with Gasteiger partial charge in [0.1, 0.15) is 5.75 Å². The summed E-state index contributed by atoms with van der Waals surface area (Å²) in [5, 5.41) is 9.60. The van der Waals surface area contributed by atoms with E-state index in [2.05, 4.69) is 46.1 Å². The van der Waals surface area contributed by atoms with Crippen molar-refractivity contribution in [2.45, 2.75) is 58.4 Å². The Balaban J connectivity index is 1.70. The molecule has 0 bridgehead atoms. The number of aryl methyl sites for hydroxylation is 1. The van der Waals surface area contributed by atoms with Gasteiger partial charge in [-0.25, -0.2) is 0 Å². The maximum atomic E-state index is 12.1. The predicted molar refractivity (Wildman–Crippen MR) is 126 cm³/mol. The molecule has 7 heteroatoms. The van der Waals surface area contributed by atoms with E-state index in [9.17, 15) is 4.79 Å². The summed E-state index contributed by atoms with van der Waals surface area (Å²) < 4.78 is 11.0. The van der Waals surface area contributed by atoms with Gasteiger partial charge in [0.05, 0.1) is 6.61 Å². The minimum absolute atomic E-state index is 0.159. The van der Waals surface area contributed by atoms with E-state index in [1.807, 2.05) is 0 Å². The van der Waals surface area contributed by atoms with Crippen LogP contribution in [0.3, 0.4) is 0 Å². The standard InChI is InChI=1S/C24H40N4O3/c1-19-10-11-21(22(16-19)31-15-7-14-30-3)18-28-24(25-2)27-13-12-26-23(29)17-20-8-5-4-6-9-20/h10-11,16,20H,4-9,12-15,17-18H2,1-3H3,(H,26,29)(H2,25,27,28). The Labute approximate surface area is 187 Å². The number of methoxy groups -OCH3 is 1. The van der Waals surface area contributed by atoms with Crippen LogP contribution in [0, 0.1) is 12.8 Å². The van der Waals surface area contributed by atoms with E-state index in [1.165, 1.54) is 32.1 Å². The fourth-order valence-electron chi connectivity index (χ4n) is 3.84. The Morgan fingerprint density at radius 1 is 1.10 bits per heavy atom. The second-order valence-corrected chi connectivity index (χ2v) is 8.22. The van der Waals surface area contributed by atoms with Crippen molar-refractivity contribution >= 4 is 11.9 Å². The monoisotopic (exact) mass is 432 g/mol. The zero-order valence-electron chi connectivity index (χ0n) is 19.5. The van der Waals surface area contributed by atoms with Crippen LogP contribution in [-0.2, 0) is 16.1 Å². The van der Waals surface area contributed by atoms with E-state index in [-0.39, 0.29) is 5.91 Å². The first-order valence-corrected chi connectivity index (χ1v) is 11.5. The van der Waals surface area contributed by atoms with Gasteiger partial charge in [0, 0.05) is 58.8 Å². The molecule has 0 atom stereocenters. The number of benzene rings is 1. The number of guanidine groups is 1. The molecule has 1 saturated carbocycles. The number of hydrogen-bond donors (Lipinski definition) is 3. The average molecular weight is 433 g/mol. The normalized spacial score (nSPS) is 14.9. The van der Waals surface area contributed by atoms with Crippen LogP contribution in [-0.4, -0.2) is 52.3 Å². The van der Waals surface area contributed by atoms with Crippen LogP contribution in [0.2, 0.25) is 0 Å². The number of carbonyl (C=O) groups is 1. The number of rotatable bonds is 12. The van der Waals surface area contributed by atoms with Crippen LogP contribution in [0.25, 0.3) is 0 Å². The van der Waals surface area contributed by atoms with Crippen molar-refractivity contribution < 1.29 is 14.3 Å². The zero-order chi connectivity index (χ0) is 22.3. The zero-order valence-corrected chi connectivity index (χ0v) is 19.5. The molecule has 1 aliphatic carbocycles. The molecular weight excluding hydrogens is 392 g/mol. The molecule has 1 aliphatic rings. The van der Waals surface area contributed by atoms with Gasteiger partial charge in [0.2, 0.25) is 5.91 Å². The number of carbonyl (C=O) groups excluding carboxylic acids is 1. The maximum absolute atomic E-state index is 12.1. The summed E-state index contributed by atoms with van der Waals surface area (Å²) in [5.41, 5.74) is 2.24. The van der Waals surface area contributed by atoms with E-state index in [0.29, 0.717) is 51.1 Å². The summed E-state index contributed by atoms with van der Waals surface area (Å²) in [7, 11) is 3.44. The molecule has 0 heterocycles. The lowest BCUT2D eigenvalue weighted by Crippen LogP contribution is -2.41. The maximum Gasteiger partial charge on any atom is 0.220 e. The third kappa shape index (κ3) is 10.0. The molecule has 0 unspecified atom stereocenters. The van der Waals surface area contributed by atoms with Crippen LogP contribution < -0.4 is 20.7 Å². The van der Waals surface area contributed by atoms with Gasteiger partial charge >= 0.3 is 0 Å². The van der Waals surface area contributed by atoms with E-state index >= 15 is 0 Å². The molecule has 31 heavy (non-hydrogen) atoms. The number of hydrogen-bond acceptors (Lipinski definition) is 4. The smallest absolute Gasteiger partial charge is 0.220 e. The van der Waals surface area contributed by atoms with Gasteiger partial charge in [-0.15, -0.1) is 0 Å². The Morgan fingerprint density at radius 3 is 2.61 bits per heavy atom. The topological polar surface area (TPSA) is 84.0 Å². The Bertz CT molecular complexity index is 687. The van der Waals surface area contributed by atoms with Crippen molar-refractivity contribution in [2.75, 3.05) is 40.5 Å². The number of amides is 1. The third-order valence-corrected chi connectivity index (χ3v) is 5.58. The van der Waals surface area contributed by atoms with E-state index in [4.69, 9.17) is 9.47 Å². The molecule has 0 spiro atoms. The van der Waals surface area contributed by atoms with Gasteiger partial charge in [0.25, 0.3) is 0 Å². The molecule has 0 radical (unpaired) electrons. The number of nitrogens with one attached hydrogen (secondary N) is 3. The highest BCUT2D eigenvalue weighted by Crippen LogP contribution is 2.26. The summed E-state index contributed by atoms with van der Waals surface area (Å²) in [6.45, 7) is 5.19. The third-order valence-electron chi connectivity index (χ3n) is 5.58. The first-order valence-electron chi connectivity index (χ1n) is 11.5. The fourth-order valence-corrected chi connectivity index (χ4v) is 3.84. The van der Waals surface area contributed by atoms with Crippen molar-refractivity contribution in [3.63, 3.8) is 0 Å². The minimum Gasteiger partial charge on any atom is -0.493 e. The largest absolute Gasteiger partial charge is 0.493 e. The molecule has 174 valence electrons. The second-order valence-electron chi connectivity index (χ2n) is 8.22. The minimum atomic E-state index is 0.159. The summed E-state index contributed by atoms with van der Waals surface area (Å²) in [4.78, 5) is 16.4. The SMILES string of the molecule is CN=C(NCCNC(=O)CC1CCCCC1)NCc1ccc(C)cc1OCCCOC. The molecule has 2 rings (SSSR count). The molecule has 7 nitrogen and oxygen atoms in total. The predicted octanol–water partition coefficient (Wildman–Crippen LogP) is 3.16. The van der Waals surface area contributed by atoms with Crippen LogP contribution in [0.4, 0.5) is 0 Å². The summed E-state index contributed by atoms with van der Waals surface area (Å²) in [6.07, 6.45) is 7.75. The van der Waals surface area contributed by atoms with E-state index in [1.54, 1.807) is 14.2 Å². The molecule has 0 saturated heterocycles. The fraction of sp³-hybridized carbons (Fsp3) is 0.667. The van der Waals surface area contributed by atoms with Gasteiger partial charge in [-0.1, -0.05) is 31.4 Å². The van der Waals surface area contributed by atoms with Crippen molar-refractivity contribution in [2.24, 2.45) is 10.9 Å². The van der Waals surface area contributed by atoms with E-state index in [0.717, 1.165) is 23.3 Å². The van der Waals surface area contributed by atoms with Gasteiger partial charge in [-0.3, -0.25) is 9.79 Å². The van der Waals surface area contributed by atoms with Crippen LogP contribution in [0.15, 0.2) is 23.2 Å². The Morgan fingerprint density at radius 2 is 1.87 bits per heavy atom. The molecule has 0 aliphatic heterocycles. The average Bonchev–Trinajstić information content (AvgIpc) is 2.78. The van der Waals surface area contributed by atoms with Crippen LogP contribution in [0.1, 0.15) is 56.1 Å². The Hall–Kier alpha value is -2.28. The first-order chi connectivity index (χ1) is 15.1. The Kier molecular flexibility index (Phi) is 11.8. The van der Waals surface area contributed by atoms with Crippen LogP contribution in [0.5, 0.6) is 5.75 Å². The quantitative estimate of drug-likeness (QED) is 0.268. The van der Waals surface area contributed by atoms with Crippen molar-refractivity contribution in [3.05, 3.63) is 29.3 Å². The number of ether oxygens (including phenoxy) is 2. The van der Waals surface area contributed by atoms with E-state index < -0.39 is 0 Å². The number of aliphatic imine (C=N–C) groups is 1. The first kappa shape index (κ1) is 25.0. The summed E-state index contributed by atoms with van der Waals surface area (Å²) in [5.74, 6) is 2.31. The van der Waals surface area contributed by atoms with Gasteiger partial charge in [0.15, 0.2) is 5.96 Å². The summed E-state index contributed by atoms with van der Waals surface area (Å²) >= 11 is 0. The molecule has 3 N–H and O–H groups in total. The van der Waals surface area contributed by atoms with Gasteiger partial charge in [-0.05, 0) is 37.3 Å². The lowest BCUT2D eigenvalue weighted by atomic mass is 9.87. The molecule has 1 amide bonds. The van der Waals surface area contributed by atoms with Crippen molar-refractivity contribution in [1.29, 1.82) is 0 Å². The van der Waals surface area contributed by atoms with Crippen molar-refractivity contribution in [3.8, 4) is 5.75 Å². The summed E-state index contributed by atoms with van der Waals surface area (Å²) in [6, 6.07) is 6.21. The highest BCUT2D eigenvalue weighted by atomic mass is 16.5. The van der Waals surface area contributed by atoms with Gasteiger partial charge < -0.3 is 25.4 Å². The molecular formula is C24H40N4O3. The molecule has 1 aromatic carbocycles. The lowest BCUT2D eigenvalue weighted by Gasteiger charge is -2.21. The van der Waals surface area contributed by atoms with Crippen molar-refractivity contribution in [1.82, 2.24) is 16.0 Å².